The number of benzene rings is 2. The van der Waals surface area contributed by atoms with Crippen LogP contribution in [0.3, 0.4) is 0 Å². The molecule has 4 rings (SSSR count). The fourth-order valence-corrected chi connectivity index (χ4v) is 4.33. The van der Waals surface area contributed by atoms with Crippen molar-refractivity contribution in [1.29, 1.82) is 0 Å². The molecule has 0 bridgehead atoms. The maximum atomic E-state index is 12.7. The fraction of sp³-hybridized carbons (Fsp3) is 0.292. The smallest absolute Gasteiger partial charge is 0.257 e. The van der Waals surface area contributed by atoms with Gasteiger partial charge in [-0.25, -0.2) is 4.98 Å². The van der Waals surface area contributed by atoms with Crippen LogP contribution in [-0.4, -0.2) is 59.9 Å². The molecular weight excluding hydrogens is 424 g/mol. The average molecular weight is 451 g/mol. The third-order valence-electron chi connectivity index (χ3n) is 5.43. The van der Waals surface area contributed by atoms with Gasteiger partial charge in [0.2, 0.25) is 5.91 Å². The number of nitrogens with one attached hydrogen (secondary N) is 1. The summed E-state index contributed by atoms with van der Waals surface area (Å²) in [6.07, 6.45) is 0.244. The first kappa shape index (κ1) is 22.0. The molecule has 0 radical (unpaired) electrons. The summed E-state index contributed by atoms with van der Waals surface area (Å²) in [6, 6.07) is 17.3. The Kier molecular flexibility index (Phi) is 7.14. The molecule has 1 N–H and O–H groups in total. The first-order valence-corrected chi connectivity index (χ1v) is 11.4. The van der Waals surface area contributed by atoms with Gasteiger partial charge in [0.05, 0.1) is 19.2 Å². The molecule has 1 aliphatic heterocycles. The summed E-state index contributed by atoms with van der Waals surface area (Å²) in [6.45, 7) is 4.07. The second kappa shape index (κ2) is 10.4. The molecule has 1 saturated heterocycles. The number of anilines is 1. The molecule has 1 fully saturated rings. The van der Waals surface area contributed by atoms with Gasteiger partial charge in [-0.2, -0.15) is 0 Å². The van der Waals surface area contributed by atoms with Crippen molar-refractivity contribution in [2.75, 3.05) is 38.6 Å². The maximum absolute atomic E-state index is 12.7. The predicted octanol–water partition coefficient (Wildman–Crippen LogP) is 3.29. The van der Waals surface area contributed by atoms with E-state index in [1.54, 1.807) is 31.4 Å². The third kappa shape index (κ3) is 5.72. The van der Waals surface area contributed by atoms with E-state index in [4.69, 9.17) is 4.74 Å². The minimum absolute atomic E-state index is 0.0719. The standard InChI is InChI=1S/C24H26N4O3S/c1-31-21-9-7-19(8-10-21)23(30)26-24-25-20(17-32-24)15-22(29)28-13-11-27(12-14-28)16-18-5-3-2-4-6-18/h2-10,17H,11-16H2,1H3,(H,25,26,30). The lowest BCUT2D eigenvalue weighted by molar-refractivity contribution is -0.132. The molecule has 3 aromatic rings. The number of carbonyl (C=O) groups excluding carboxylic acids is 2. The van der Waals surface area contributed by atoms with Crippen molar-refractivity contribution < 1.29 is 14.3 Å². The molecule has 7 nitrogen and oxygen atoms in total. The van der Waals surface area contributed by atoms with Crippen LogP contribution in [-0.2, 0) is 17.8 Å². The van der Waals surface area contributed by atoms with Crippen LogP contribution < -0.4 is 10.1 Å². The Balaban J connectivity index is 1.25. The van der Waals surface area contributed by atoms with Crippen LogP contribution in [0.15, 0.2) is 60.0 Å². The Bertz CT molecular complexity index is 1040. The first-order valence-electron chi connectivity index (χ1n) is 10.5. The Morgan fingerprint density at radius 1 is 1.03 bits per heavy atom. The lowest BCUT2D eigenvalue weighted by atomic mass is 10.2. The van der Waals surface area contributed by atoms with Crippen molar-refractivity contribution in [2.45, 2.75) is 13.0 Å². The number of hydrogen-bond donors (Lipinski definition) is 1. The van der Waals surface area contributed by atoms with E-state index < -0.39 is 0 Å². The maximum Gasteiger partial charge on any atom is 0.257 e. The molecule has 0 saturated carbocycles. The van der Waals surface area contributed by atoms with E-state index in [1.807, 2.05) is 16.3 Å². The number of thiazole rings is 1. The van der Waals surface area contributed by atoms with Gasteiger partial charge in [0.15, 0.2) is 5.13 Å². The molecule has 0 atom stereocenters. The number of aromatic nitrogens is 1. The van der Waals surface area contributed by atoms with Crippen molar-refractivity contribution in [3.8, 4) is 5.75 Å². The van der Waals surface area contributed by atoms with Gasteiger partial charge in [0.1, 0.15) is 5.75 Å². The second-order valence-electron chi connectivity index (χ2n) is 7.65. The molecule has 2 aromatic carbocycles. The highest BCUT2D eigenvalue weighted by Crippen LogP contribution is 2.19. The Morgan fingerprint density at radius 2 is 1.75 bits per heavy atom. The van der Waals surface area contributed by atoms with Crippen LogP contribution in [0.5, 0.6) is 5.75 Å². The largest absolute Gasteiger partial charge is 0.497 e. The fourth-order valence-electron chi connectivity index (χ4n) is 3.62. The number of carbonyl (C=O) groups is 2. The lowest BCUT2D eigenvalue weighted by Gasteiger charge is -2.34. The van der Waals surface area contributed by atoms with E-state index in [0.29, 0.717) is 22.1 Å². The zero-order chi connectivity index (χ0) is 22.3. The van der Waals surface area contributed by atoms with Crippen LogP contribution >= 0.6 is 11.3 Å². The molecule has 1 aromatic heterocycles. The van der Waals surface area contributed by atoms with Crippen molar-refractivity contribution >= 4 is 28.3 Å². The lowest BCUT2D eigenvalue weighted by Crippen LogP contribution is -2.48. The van der Waals surface area contributed by atoms with E-state index in [1.165, 1.54) is 16.9 Å². The zero-order valence-electron chi connectivity index (χ0n) is 18.0. The summed E-state index contributed by atoms with van der Waals surface area (Å²) in [4.78, 5) is 33.8. The van der Waals surface area contributed by atoms with E-state index in [2.05, 4.69) is 39.5 Å². The first-order chi connectivity index (χ1) is 15.6. The number of hydrogen-bond acceptors (Lipinski definition) is 6. The molecule has 2 heterocycles. The number of rotatable bonds is 7. The molecule has 32 heavy (non-hydrogen) atoms. The molecule has 2 amide bonds. The molecule has 0 aliphatic carbocycles. The molecule has 8 heteroatoms. The summed E-state index contributed by atoms with van der Waals surface area (Å²) >= 11 is 1.32. The number of methoxy groups -OCH3 is 1. The molecular formula is C24H26N4O3S. The third-order valence-corrected chi connectivity index (χ3v) is 6.24. The highest BCUT2D eigenvalue weighted by Gasteiger charge is 2.22. The normalized spacial score (nSPS) is 14.2. The topological polar surface area (TPSA) is 74.8 Å². The number of piperazine rings is 1. The summed E-state index contributed by atoms with van der Waals surface area (Å²) in [5.74, 6) is 0.523. The second-order valence-corrected chi connectivity index (χ2v) is 8.50. The minimum Gasteiger partial charge on any atom is -0.497 e. The molecule has 0 unspecified atom stereocenters. The summed E-state index contributed by atoms with van der Waals surface area (Å²) in [5.41, 5.74) is 2.49. The van der Waals surface area contributed by atoms with Crippen LogP contribution in [0, 0.1) is 0 Å². The van der Waals surface area contributed by atoms with Gasteiger partial charge < -0.3 is 9.64 Å². The van der Waals surface area contributed by atoms with E-state index in [9.17, 15) is 9.59 Å². The minimum atomic E-state index is -0.241. The van der Waals surface area contributed by atoms with Crippen LogP contribution in [0.2, 0.25) is 0 Å². The number of nitrogens with zero attached hydrogens (tertiary/aromatic N) is 3. The Morgan fingerprint density at radius 3 is 2.44 bits per heavy atom. The summed E-state index contributed by atoms with van der Waals surface area (Å²) < 4.78 is 5.11. The molecule has 0 spiro atoms. The van der Waals surface area contributed by atoms with Crippen molar-refractivity contribution in [2.24, 2.45) is 0 Å². The molecule has 166 valence electrons. The Labute approximate surface area is 191 Å². The van der Waals surface area contributed by atoms with Crippen molar-refractivity contribution in [3.05, 3.63) is 76.8 Å². The van der Waals surface area contributed by atoms with Gasteiger partial charge >= 0.3 is 0 Å². The zero-order valence-corrected chi connectivity index (χ0v) is 18.8. The average Bonchev–Trinajstić information content (AvgIpc) is 3.26. The molecule has 1 aliphatic rings. The number of ether oxygens (including phenoxy) is 1. The van der Waals surface area contributed by atoms with Crippen LogP contribution in [0.4, 0.5) is 5.13 Å². The van der Waals surface area contributed by atoms with Gasteiger partial charge in [-0.3, -0.25) is 19.8 Å². The van der Waals surface area contributed by atoms with Gasteiger partial charge in [0.25, 0.3) is 5.91 Å². The quantitative estimate of drug-likeness (QED) is 0.598. The van der Waals surface area contributed by atoms with E-state index >= 15 is 0 Å². The summed E-state index contributed by atoms with van der Waals surface area (Å²) in [7, 11) is 1.58. The van der Waals surface area contributed by atoms with Crippen molar-refractivity contribution in [3.63, 3.8) is 0 Å². The predicted molar refractivity (Wildman–Crippen MR) is 125 cm³/mol. The van der Waals surface area contributed by atoms with E-state index in [-0.39, 0.29) is 18.2 Å². The Hall–Kier alpha value is -3.23. The van der Waals surface area contributed by atoms with Crippen molar-refractivity contribution in [1.82, 2.24) is 14.8 Å². The highest BCUT2D eigenvalue weighted by molar-refractivity contribution is 7.14. The van der Waals surface area contributed by atoms with Gasteiger partial charge in [-0.05, 0) is 29.8 Å². The summed E-state index contributed by atoms with van der Waals surface area (Å²) in [5, 5.41) is 5.11. The monoisotopic (exact) mass is 450 g/mol. The van der Waals surface area contributed by atoms with Crippen LogP contribution in [0.1, 0.15) is 21.6 Å². The van der Waals surface area contributed by atoms with Gasteiger partial charge in [0, 0.05) is 43.7 Å². The van der Waals surface area contributed by atoms with Gasteiger partial charge in [-0.15, -0.1) is 11.3 Å². The highest BCUT2D eigenvalue weighted by atomic mass is 32.1. The number of amides is 2. The van der Waals surface area contributed by atoms with E-state index in [0.717, 1.165) is 32.7 Å². The SMILES string of the molecule is COc1ccc(C(=O)Nc2nc(CC(=O)N3CCN(Cc4ccccc4)CC3)cs2)cc1. The van der Waals surface area contributed by atoms with Crippen LogP contribution in [0.25, 0.3) is 0 Å². The van der Waals surface area contributed by atoms with Gasteiger partial charge in [-0.1, -0.05) is 30.3 Å².